The summed E-state index contributed by atoms with van der Waals surface area (Å²) in [5, 5.41) is 12.5. The lowest BCUT2D eigenvalue weighted by molar-refractivity contribution is -0.136. The second-order valence-corrected chi connectivity index (χ2v) is 9.69. The van der Waals surface area contributed by atoms with E-state index in [4.69, 9.17) is 9.52 Å². The smallest absolute Gasteiger partial charge is 0.307 e. The van der Waals surface area contributed by atoms with Crippen LogP contribution in [0, 0.1) is 6.92 Å². The first-order valence-electron chi connectivity index (χ1n) is 9.75. The molecule has 1 aromatic carbocycles. The number of aryl methyl sites for hydroxylation is 1. The van der Waals surface area contributed by atoms with Crippen LogP contribution in [0.5, 0.6) is 0 Å². The van der Waals surface area contributed by atoms with Crippen molar-refractivity contribution in [3.05, 3.63) is 65.4 Å². The molecule has 0 amide bonds. The number of nitrogens with one attached hydrogen (secondary N) is 1. The largest absolute Gasteiger partial charge is 0.481 e. The molecule has 8 heteroatoms. The van der Waals surface area contributed by atoms with Gasteiger partial charge in [0.2, 0.25) is 10.0 Å². The highest BCUT2D eigenvalue weighted by Crippen LogP contribution is 2.41. The van der Waals surface area contributed by atoms with E-state index in [-0.39, 0.29) is 11.3 Å². The summed E-state index contributed by atoms with van der Waals surface area (Å²) in [5.41, 5.74) is 2.17. The third kappa shape index (κ3) is 3.40. The van der Waals surface area contributed by atoms with Gasteiger partial charge in [-0.1, -0.05) is 12.1 Å². The van der Waals surface area contributed by atoms with E-state index in [2.05, 4.69) is 5.32 Å². The molecule has 0 bridgehead atoms. The molecule has 1 unspecified atom stereocenters. The molecule has 30 heavy (non-hydrogen) atoms. The molecule has 1 aromatic rings. The second kappa shape index (κ2) is 7.54. The van der Waals surface area contributed by atoms with Crippen molar-refractivity contribution in [3.63, 3.8) is 0 Å². The molecule has 7 nitrogen and oxygen atoms in total. The van der Waals surface area contributed by atoms with E-state index in [0.29, 0.717) is 31.0 Å². The lowest BCUT2D eigenvalue weighted by atomic mass is 9.89. The van der Waals surface area contributed by atoms with Gasteiger partial charge in [0.25, 0.3) is 0 Å². The van der Waals surface area contributed by atoms with Crippen molar-refractivity contribution in [2.24, 2.45) is 0 Å². The van der Waals surface area contributed by atoms with Crippen LogP contribution in [0.15, 0.2) is 58.0 Å². The summed E-state index contributed by atoms with van der Waals surface area (Å²) >= 11 is 0. The zero-order valence-electron chi connectivity index (χ0n) is 16.9. The third-order valence-electron chi connectivity index (χ3n) is 5.84. The number of fused-ring (bicyclic) bond motifs is 1. The molecular formula is C22H24N2O5S. The quantitative estimate of drug-likeness (QED) is 0.648. The molecular weight excluding hydrogens is 404 g/mol. The van der Waals surface area contributed by atoms with E-state index in [0.717, 1.165) is 16.7 Å². The van der Waals surface area contributed by atoms with Gasteiger partial charge >= 0.3 is 5.97 Å². The lowest BCUT2D eigenvalue weighted by Crippen LogP contribution is -2.59. The zero-order valence-corrected chi connectivity index (χ0v) is 17.7. The molecule has 1 aliphatic carbocycles. The van der Waals surface area contributed by atoms with Crippen molar-refractivity contribution in [2.45, 2.75) is 30.7 Å². The van der Waals surface area contributed by atoms with Crippen LogP contribution >= 0.6 is 0 Å². The fourth-order valence-corrected chi connectivity index (χ4v) is 6.03. The van der Waals surface area contributed by atoms with Crippen LogP contribution in [-0.4, -0.2) is 43.4 Å². The number of nitrogens with zero attached hydrogens (tertiary/aromatic N) is 1. The minimum absolute atomic E-state index is 0.109. The lowest BCUT2D eigenvalue weighted by Gasteiger charge is -2.44. The predicted molar refractivity (Wildman–Crippen MR) is 112 cm³/mol. The Morgan fingerprint density at radius 2 is 2.07 bits per heavy atom. The Kier molecular flexibility index (Phi) is 5.17. The van der Waals surface area contributed by atoms with Crippen molar-refractivity contribution in [2.75, 3.05) is 19.6 Å². The van der Waals surface area contributed by atoms with Crippen molar-refractivity contribution >= 4 is 16.0 Å². The number of hydrogen-bond donors (Lipinski definition) is 2. The van der Waals surface area contributed by atoms with Gasteiger partial charge in [-0.3, -0.25) is 4.79 Å². The number of carbonyl (C=O) groups is 1. The first-order chi connectivity index (χ1) is 14.2. The molecule has 1 atom stereocenters. The minimum atomic E-state index is -3.87. The molecule has 0 radical (unpaired) electrons. The third-order valence-corrected chi connectivity index (χ3v) is 7.85. The zero-order chi connectivity index (χ0) is 21.5. The van der Waals surface area contributed by atoms with Gasteiger partial charge in [0.1, 0.15) is 5.76 Å². The predicted octanol–water partition coefficient (Wildman–Crippen LogP) is 2.83. The van der Waals surface area contributed by atoms with Crippen LogP contribution in [0.4, 0.5) is 0 Å². The highest BCUT2D eigenvalue weighted by atomic mass is 32.2. The number of piperazine rings is 1. The average molecular weight is 429 g/mol. The summed E-state index contributed by atoms with van der Waals surface area (Å²) in [7, 11) is -3.87. The van der Waals surface area contributed by atoms with Crippen LogP contribution in [-0.2, 0) is 26.8 Å². The number of sulfonamides is 1. The summed E-state index contributed by atoms with van der Waals surface area (Å²) in [5.74, 6) is -0.289. The Morgan fingerprint density at radius 3 is 2.83 bits per heavy atom. The molecule has 2 N–H and O–H groups in total. The molecule has 1 saturated heterocycles. The fraction of sp³-hybridized carbons (Fsp3) is 0.318. The van der Waals surface area contributed by atoms with Gasteiger partial charge in [0, 0.05) is 25.2 Å². The minimum Gasteiger partial charge on any atom is -0.481 e. The summed E-state index contributed by atoms with van der Waals surface area (Å²) in [6.45, 7) is 4.98. The number of hydrogen-bond acceptors (Lipinski definition) is 5. The Morgan fingerprint density at radius 1 is 1.27 bits per heavy atom. The molecule has 2 heterocycles. The number of aliphatic carboxylic acids is 1. The summed E-state index contributed by atoms with van der Waals surface area (Å²) < 4.78 is 34.5. The van der Waals surface area contributed by atoms with E-state index in [1.54, 1.807) is 31.4 Å². The normalized spacial score (nSPS) is 20.5. The maximum atomic E-state index is 13.7. The van der Waals surface area contributed by atoms with Crippen molar-refractivity contribution in [1.29, 1.82) is 0 Å². The molecule has 0 spiro atoms. The molecule has 0 saturated carbocycles. The van der Waals surface area contributed by atoms with Gasteiger partial charge in [0.05, 0.1) is 23.1 Å². The van der Waals surface area contributed by atoms with Crippen LogP contribution in [0.1, 0.15) is 23.6 Å². The maximum Gasteiger partial charge on any atom is 0.307 e. The number of benzene rings is 1. The molecule has 3 aliphatic rings. The van der Waals surface area contributed by atoms with Crippen LogP contribution < -0.4 is 5.32 Å². The van der Waals surface area contributed by atoms with Gasteiger partial charge in [-0.2, -0.15) is 4.31 Å². The fourth-order valence-electron chi connectivity index (χ4n) is 4.21. The Balaban J connectivity index is 1.80. The molecule has 1 fully saturated rings. The summed E-state index contributed by atoms with van der Waals surface area (Å²) in [6.07, 6.45) is 1.38. The molecule has 158 valence electrons. The van der Waals surface area contributed by atoms with Crippen LogP contribution in [0.3, 0.4) is 0 Å². The summed E-state index contributed by atoms with van der Waals surface area (Å²) in [4.78, 5) is 11.3. The average Bonchev–Trinajstić information content (AvgIpc) is 3.14. The Hall–Kier alpha value is -2.68. The Labute approximate surface area is 175 Å². The van der Waals surface area contributed by atoms with Gasteiger partial charge in [-0.05, 0) is 60.9 Å². The molecule has 0 aromatic heterocycles. The van der Waals surface area contributed by atoms with Gasteiger partial charge in [0.15, 0.2) is 0 Å². The van der Waals surface area contributed by atoms with Gasteiger partial charge < -0.3 is 14.8 Å². The van der Waals surface area contributed by atoms with Crippen molar-refractivity contribution in [3.8, 4) is 11.3 Å². The van der Waals surface area contributed by atoms with Crippen molar-refractivity contribution in [1.82, 2.24) is 9.62 Å². The number of carboxylic acid groups (broad SMARTS) is 1. The molecule has 2 aliphatic heterocycles. The monoisotopic (exact) mass is 428 g/mol. The van der Waals surface area contributed by atoms with Gasteiger partial charge in [-0.15, -0.1) is 0 Å². The maximum absolute atomic E-state index is 13.7. The summed E-state index contributed by atoms with van der Waals surface area (Å²) in [6, 6.07) is 12.2. The van der Waals surface area contributed by atoms with E-state index in [1.807, 2.05) is 25.1 Å². The first kappa shape index (κ1) is 20.6. The Bertz CT molecular complexity index is 1170. The highest BCUT2D eigenvalue weighted by Gasteiger charge is 2.45. The van der Waals surface area contributed by atoms with Crippen LogP contribution in [0.2, 0.25) is 0 Å². The second-order valence-electron chi connectivity index (χ2n) is 7.82. The van der Waals surface area contributed by atoms with E-state index >= 15 is 0 Å². The van der Waals surface area contributed by atoms with Crippen molar-refractivity contribution < 1.29 is 22.7 Å². The van der Waals surface area contributed by atoms with E-state index in [1.165, 1.54) is 10.4 Å². The van der Waals surface area contributed by atoms with Crippen LogP contribution in [0.25, 0.3) is 11.3 Å². The van der Waals surface area contributed by atoms with Gasteiger partial charge in [-0.25, -0.2) is 8.42 Å². The number of carboxylic acids is 1. The van der Waals surface area contributed by atoms with E-state index < -0.39 is 21.5 Å². The van der Waals surface area contributed by atoms with E-state index in [9.17, 15) is 13.2 Å². The SMILES string of the molecule is Cc1ccc(S(=O)(=O)N2CCNCC2(C)c2ccc3occcc2-3)cc1CC(=O)O. The first-order valence-corrected chi connectivity index (χ1v) is 11.2. The topological polar surface area (TPSA) is 99.9 Å². The molecule has 4 rings (SSSR count). The highest BCUT2D eigenvalue weighted by molar-refractivity contribution is 7.89. The number of rotatable bonds is 5. The standard InChI is InChI=1S/C22H24N2O5S/c1-15-5-6-17(12-16(15)13-21(25)26)30(27,28)24-10-9-23-14-22(24,2)19-7-8-20-18(19)4-3-11-29-20/h3-8,11-12,23H,9-10,13-14H2,1-2H3,(H,25,26).